The predicted molar refractivity (Wildman–Crippen MR) is 106 cm³/mol. The summed E-state index contributed by atoms with van der Waals surface area (Å²) in [7, 11) is 0. The van der Waals surface area contributed by atoms with Crippen molar-refractivity contribution in [2.75, 3.05) is 0 Å². The van der Waals surface area contributed by atoms with Gasteiger partial charge in [-0.15, -0.1) is 0 Å². The van der Waals surface area contributed by atoms with Crippen LogP contribution in [0.2, 0.25) is 5.02 Å². The van der Waals surface area contributed by atoms with E-state index < -0.39 is 10.9 Å². The van der Waals surface area contributed by atoms with E-state index in [1.165, 1.54) is 24.4 Å². The third-order valence-corrected chi connectivity index (χ3v) is 4.44. The third-order valence-electron chi connectivity index (χ3n) is 4.12. The molecule has 0 spiro atoms. The van der Waals surface area contributed by atoms with Gasteiger partial charge in [0.05, 0.1) is 21.8 Å². The zero-order valence-electron chi connectivity index (χ0n) is 14.2. The molecule has 0 aliphatic heterocycles. The molecule has 0 bridgehead atoms. The van der Waals surface area contributed by atoms with Crippen LogP contribution in [-0.4, -0.2) is 21.2 Å². The second kappa shape index (κ2) is 7.13. The van der Waals surface area contributed by atoms with Crippen molar-refractivity contribution >= 4 is 40.0 Å². The van der Waals surface area contributed by atoms with Crippen molar-refractivity contribution < 1.29 is 14.4 Å². The quantitative estimate of drug-likeness (QED) is 0.279. The molecule has 28 heavy (non-hydrogen) atoms. The van der Waals surface area contributed by atoms with Gasteiger partial charge in [-0.1, -0.05) is 48.0 Å². The van der Waals surface area contributed by atoms with E-state index in [-0.39, 0.29) is 28.0 Å². The molecule has 7 nitrogen and oxygen atoms in total. The van der Waals surface area contributed by atoms with E-state index >= 15 is 0 Å². The molecule has 1 N–H and O–H groups in total. The van der Waals surface area contributed by atoms with E-state index in [1.54, 1.807) is 0 Å². The summed E-state index contributed by atoms with van der Waals surface area (Å²) in [5.41, 5.74) is 0.856. The maximum Gasteiger partial charge on any atom is 0.312 e. The predicted octanol–water partition coefficient (Wildman–Crippen LogP) is 5.51. The fourth-order valence-corrected chi connectivity index (χ4v) is 2.95. The Morgan fingerprint density at radius 1 is 1.14 bits per heavy atom. The van der Waals surface area contributed by atoms with Crippen LogP contribution in [0.15, 0.2) is 70.1 Å². The number of rotatable bonds is 4. The Morgan fingerprint density at radius 3 is 2.75 bits per heavy atom. The number of oxazole rings is 1. The van der Waals surface area contributed by atoms with Crippen LogP contribution < -0.4 is 0 Å². The number of benzene rings is 3. The largest absolute Gasteiger partial charge is 0.479 e. The third kappa shape index (κ3) is 3.30. The molecule has 4 rings (SSSR count). The average molecular weight is 394 g/mol. The SMILES string of the molecule is O=[N+]([O-])c1ccc(Cl)c(N=Cc2nc(-c3cccc4ccccc34)oc2O)c1. The molecule has 1 aromatic heterocycles. The van der Waals surface area contributed by atoms with Gasteiger partial charge < -0.3 is 9.52 Å². The number of aliphatic imine (C=N–C) groups is 1. The van der Waals surface area contributed by atoms with Gasteiger partial charge in [-0.05, 0) is 22.9 Å². The molecule has 0 fully saturated rings. The van der Waals surface area contributed by atoms with E-state index in [4.69, 9.17) is 16.0 Å². The van der Waals surface area contributed by atoms with Crippen LogP contribution in [0.3, 0.4) is 0 Å². The summed E-state index contributed by atoms with van der Waals surface area (Å²) in [5.74, 6) is -0.172. The second-order valence-corrected chi connectivity index (χ2v) is 6.29. The number of nitrogens with zero attached hydrogens (tertiary/aromatic N) is 3. The van der Waals surface area contributed by atoms with Gasteiger partial charge in [0.2, 0.25) is 5.89 Å². The molecule has 4 aromatic rings. The first-order valence-electron chi connectivity index (χ1n) is 8.19. The van der Waals surface area contributed by atoms with Crippen LogP contribution in [0.4, 0.5) is 11.4 Å². The number of aromatic nitrogens is 1. The van der Waals surface area contributed by atoms with Crippen LogP contribution >= 0.6 is 11.6 Å². The summed E-state index contributed by atoms with van der Waals surface area (Å²) in [5, 5.41) is 23.2. The number of hydrogen-bond acceptors (Lipinski definition) is 6. The topological polar surface area (TPSA) is 102 Å². The molecule has 1 heterocycles. The van der Waals surface area contributed by atoms with Gasteiger partial charge in [0, 0.05) is 17.7 Å². The van der Waals surface area contributed by atoms with Crippen molar-refractivity contribution in [3.63, 3.8) is 0 Å². The first-order chi connectivity index (χ1) is 13.5. The first-order valence-corrected chi connectivity index (χ1v) is 8.56. The first kappa shape index (κ1) is 17.7. The summed E-state index contributed by atoms with van der Waals surface area (Å²) in [6.07, 6.45) is 1.25. The number of nitro groups is 1. The normalized spacial score (nSPS) is 11.3. The summed E-state index contributed by atoms with van der Waals surface area (Å²) in [6, 6.07) is 17.3. The molecular formula is C20H12ClN3O4. The zero-order valence-corrected chi connectivity index (χ0v) is 15.0. The fourth-order valence-electron chi connectivity index (χ4n) is 2.78. The molecule has 0 saturated heterocycles. The van der Waals surface area contributed by atoms with Gasteiger partial charge >= 0.3 is 5.95 Å². The lowest BCUT2D eigenvalue weighted by Gasteiger charge is -2.01. The molecule has 0 aliphatic carbocycles. The van der Waals surface area contributed by atoms with Gasteiger partial charge in [0.1, 0.15) is 0 Å². The minimum Gasteiger partial charge on any atom is -0.479 e. The van der Waals surface area contributed by atoms with E-state index in [0.29, 0.717) is 0 Å². The fraction of sp³-hybridized carbons (Fsp3) is 0. The summed E-state index contributed by atoms with van der Waals surface area (Å²) in [6.45, 7) is 0. The highest BCUT2D eigenvalue weighted by Crippen LogP contribution is 2.32. The summed E-state index contributed by atoms with van der Waals surface area (Å²) in [4.78, 5) is 18.8. The second-order valence-electron chi connectivity index (χ2n) is 5.89. The van der Waals surface area contributed by atoms with E-state index in [0.717, 1.165) is 16.3 Å². The monoisotopic (exact) mass is 393 g/mol. The van der Waals surface area contributed by atoms with Crippen molar-refractivity contribution in [2.45, 2.75) is 0 Å². The molecule has 0 amide bonds. The average Bonchev–Trinajstić information content (AvgIpc) is 3.07. The van der Waals surface area contributed by atoms with Crippen molar-refractivity contribution in [3.8, 4) is 17.4 Å². The van der Waals surface area contributed by atoms with Crippen LogP contribution in [-0.2, 0) is 0 Å². The lowest BCUT2D eigenvalue weighted by atomic mass is 10.0. The number of hydrogen-bond donors (Lipinski definition) is 1. The van der Waals surface area contributed by atoms with Gasteiger partial charge in [0.25, 0.3) is 5.69 Å². The maximum absolute atomic E-state index is 10.9. The Morgan fingerprint density at radius 2 is 1.93 bits per heavy atom. The van der Waals surface area contributed by atoms with E-state index in [2.05, 4.69) is 9.98 Å². The highest BCUT2D eigenvalue weighted by Gasteiger charge is 2.15. The number of halogens is 1. The molecule has 0 unspecified atom stereocenters. The number of fused-ring (bicyclic) bond motifs is 1. The molecule has 0 radical (unpaired) electrons. The summed E-state index contributed by atoms with van der Waals surface area (Å²) >= 11 is 6.03. The lowest BCUT2D eigenvalue weighted by molar-refractivity contribution is -0.384. The van der Waals surface area contributed by atoms with Crippen LogP contribution in [0.1, 0.15) is 5.69 Å². The Bertz CT molecular complexity index is 1230. The van der Waals surface area contributed by atoms with E-state index in [1.807, 2.05) is 42.5 Å². The van der Waals surface area contributed by atoms with Gasteiger partial charge in [-0.25, -0.2) is 4.98 Å². The van der Waals surface area contributed by atoms with E-state index in [9.17, 15) is 15.2 Å². The van der Waals surface area contributed by atoms with Gasteiger partial charge in [0.15, 0.2) is 5.69 Å². The molecule has 0 saturated carbocycles. The van der Waals surface area contributed by atoms with Crippen molar-refractivity contribution in [1.82, 2.24) is 4.98 Å². The van der Waals surface area contributed by atoms with Crippen LogP contribution in [0.25, 0.3) is 22.2 Å². The Balaban J connectivity index is 1.72. The van der Waals surface area contributed by atoms with Crippen molar-refractivity contribution in [2.24, 2.45) is 4.99 Å². The Kier molecular flexibility index (Phi) is 4.50. The molecule has 138 valence electrons. The minimum atomic E-state index is -0.540. The molecule has 8 heteroatoms. The zero-order chi connectivity index (χ0) is 19.7. The van der Waals surface area contributed by atoms with Crippen molar-refractivity contribution in [3.05, 3.63) is 81.5 Å². The number of non-ortho nitro benzene ring substituents is 1. The van der Waals surface area contributed by atoms with Gasteiger partial charge in [-0.2, -0.15) is 0 Å². The molecular weight excluding hydrogens is 382 g/mol. The standard InChI is InChI=1S/C20H12ClN3O4/c21-16-9-8-13(24(26)27)10-17(16)22-11-18-20(25)28-19(23-18)15-7-3-5-12-4-1-2-6-14(12)15/h1-11,25H. The van der Waals surface area contributed by atoms with Crippen LogP contribution in [0.5, 0.6) is 5.95 Å². The molecule has 0 aliphatic rings. The summed E-state index contributed by atoms with van der Waals surface area (Å²) < 4.78 is 5.40. The molecule has 0 atom stereocenters. The smallest absolute Gasteiger partial charge is 0.312 e. The highest BCUT2D eigenvalue weighted by atomic mass is 35.5. The highest BCUT2D eigenvalue weighted by molar-refractivity contribution is 6.33. The number of aromatic hydroxyl groups is 1. The Labute approximate surface area is 163 Å². The lowest BCUT2D eigenvalue weighted by Crippen LogP contribution is -1.87. The van der Waals surface area contributed by atoms with Crippen molar-refractivity contribution in [1.29, 1.82) is 0 Å². The minimum absolute atomic E-state index is 0.0884. The maximum atomic E-state index is 10.9. The number of nitro benzene ring substituents is 1. The van der Waals surface area contributed by atoms with Crippen LogP contribution in [0, 0.1) is 10.1 Å². The van der Waals surface area contributed by atoms with Gasteiger partial charge in [-0.3, -0.25) is 15.1 Å². The molecule has 3 aromatic carbocycles. The Hall–Kier alpha value is -3.71.